The van der Waals surface area contributed by atoms with E-state index < -0.39 is 17.7 Å². The molecule has 1 atom stereocenters. The maximum absolute atomic E-state index is 13.0. The molecule has 2 rings (SSSR count). The van der Waals surface area contributed by atoms with Crippen molar-refractivity contribution in [2.45, 2.75) is 18.5 Å². The normalized spacial score (nSPS) is 20.3. The Balaban J connectivity index is 2.39. The molecule has 0 saturated carbocycles. The van der Waals surface area contributed by atoms with Crippen molar-refractivity contribution in [2.75, 3.05) is 6.61 Å². The molecule has 1 aromatic rings. The van der Waals surface area contributed by atoms with E-state index in [1.54, 1.807) is 36.4 Å². The Kier molecular flexibility index (Phi) is 3.57. The SMILES string of the molecule is OCC1=CCC(c2ccccc2)C(C(F)(F)F)=C1. The first-order chi connectivity index (χ1) is 8.52. The van der Waals surface area contributed by atoms with E-state index in [9.17, 15) is 13.2 Å². The molecule has 1 aliphatic rings. The molecule has 0 radical (unpaired) electrons. The zero-order valence-corrected chi connectivity index (χ0v) is 9.61. The van der Waals surface area contributed by atoms with Crippen LogP contribution >= 0.6 is 0 Å². The molecule has 1 unspecified atom stereocenters. The number of aliphatic hydroxyl groups excluding tert-OH is 1. The maximum atomic E-state index is 13.0. The molecular weight excluding hydrogens is 241 g/mol. The number of hydrogen-bond acceptors (Lipinski definition) is 1. The average Bonchev–Trinajstić information content (AvgIpc) is 2.38. The van der Waals surface area contributed by atoms with Gasteiger partial charge in [0.1, 0.15) is 0 Å². The summed E-state index contributed by atoms with van der Waals surface area (Å²) in [6.07, 6.45) is -1.38. The van der Waals surface area contributed by atoms with Gasteiger partial charge in [-0.3, -0.25) is 0 Å². The van der Waals surface area contributed by atoms with Crippen LogP contribution in [0.5, 0.6) is 0 Å². The van der Waals surface area contributed by atoms with E-state index >= 15 is 0 Å². The lowest BCUT2D eigenvalue weighted by Crippen LogP contribution is -2.21. The highest BCUT2D eigenvalue weighted by molar-refractivity contribution is 5.40. The van der Waals surface area contributed by atoms with Gasteiger partial charge in [-0.15, -0.1) is 0 Å². The zero-order chi connectivity index (χ0) is 13.2. The Bertz CT molecular complexity index is 472. The zero-order valence-electron chi connectivity index (χ0n) is 9.61. The number of hydrogen-bond donors (Lipinski definition) is 1. The second kappa shape index (κ2) is 4.98. The number of aliphatic hydroxyl groups is 1. The Labute approximate surface area is 103 Å². The molecule has 0 fully saturated rings. The molecule has 0 bridgehead atoms. The minimum atomic E-state index is -4.37. The summed E-state index contributed by atoms with van der Waals surface area (Å²) in [6.45, 7) is -0.360. The molecule has 1 nitrogen and oxygen atoms in total. The highest BCUT2D eigenvalue weighted by atomic mass is 19.4. The molecule has 18 heavy (non-hydrogen) atoms. The molecular formula is C14H13F3O. The second-order valence-electron chi connectivity index (χ2n) is 4.23. The van der Waals surface area contributed by atoms with E-state index in [0.717, 1.165) is 6.08 Å². The van der Waals surface area contributed by atoms with Crippen LogP contribution in [0.25, 0.3) is 0 Å². The molecule has 0 heterocycles. The smallest absolute Gasteiger partial charge is 0.392 e. The third kappa shape index (κ3) is 2.64. The van der Waals surface area contributed by atoms with E-state index in [1.807, 2.05) is 0 Å². The summed E-state index contributed by atoms with van der Waals surface area (Å²) in [7, 11) is 0. The van der Waals surface area contributed by atoms with Gasteiger partial charge in [-0.2, -0.15) is 13.2 Å². The lowest BCUT2D eigenvalue weighted by Gasteiger charge is -2.25. The van der Waals surface area contributed by atoms with Crippen LogP contribution in [0.3, 0.4) is 0 Å². The molecule has 4 heteroatoms. The van der Waals surface area contributed by atoms with Gasteiger partial charge >= 0.3 is 6.18 Å². The summed E-state index contributed by atoms with van der Waals surface area (Å²) in [4.78, 5) is 0. The summed E-state index contributed by atoms with van der Waals surface area (Å²) in [6, 6.07) is 8.63. The second-order valence-corrected chi connectivity index (χ2v) is 4.23. The van der Waals surface area contributed by atoms with Crippen LogP contribution in [-0.4, -0.2) is 17.9 Å². The summed E-state index contributed by atoms with van der Waals surface area (Å²) in [5.41, 5.74) is 0.393. The molecule has 0 aromatic heterocycles. The van der Waals surface area contributed by atoms with Crippen molar-refractivity contribution in [1.29, 1.82) is 0 Å². The minimum Gasteiger partial charge on any atom is -0.392 e. The van der Waals surface area contributed by atoms with Crippen LogP contribution in [0.15, 0.2) is 53.6 Å². The predicted octanol–water partition coefficient (Wildman–Crippen LogP) is 3.58. The molecule has 0 aliphatic heterocycles. The molecule has 1 N–H and O–H groups in total. The fourth-order valence-electron chi connectivity index (χ4n) is 2.15. The van der Waals surface area contributed by atoms with Crippen LogP contribution < -0.4 is 0 Å². The van der Waals surface area contributed by atoms with Gasteiger partial charge in [-0.05, 0) is 23.6 Å². The van der Waals surface area contributed by atoms with Crippen LogP contribution in [0.4, 0.5) is 13.2 Å². The van der Waals surface area contributed by atoms with E-state index in [4.69, 9.17) is 5.11 Å². The first-order valence-electron chi connectivity index (χ1n) is 5.66. The Morgan fingerprint density at radius 1 is 1.17 bits per heavy atom. The first kappa shape index (κ1) is 12.9. The monoisotopic (exact) mass is 254 g/mol. The van der Waals surface area contributed by atoms with Crippen molar-refractivity contribution >= 4 is 0 Å². The van der Waals surface area contributed by atoms with Crippen molar-refractivity contribution in [1.82, 2.24) is 0 Å². The molecule has 96 valence electrons. The highest BCUT2D eigenvalue weighted by Gasteiger charge is 2.39. The van der Waals surface area contributed by atoms with E-state index in [2.05, 4.69) is 0 Å². The van der Waals surface area contributed by atoms with Crippen LogP contribution in [-0.2, 0) is 0 Å². The number of benzene rings is 1. The standard InChI is InChI=1S/C14H13F3O/c15-14(16,17)13-8-10(9-18)6-7-12(13)11-4-2-1-3-5-11/h1-6,8,12,18H,7,9H2. The molecule has 1 aromatic carbocycles. The summed E-state index contributed by atoms with van der Waals surface area (Å²) in [5.74, 6) is -0.679. The Morgan fingerprint density at radius 3 is 2.39 bits per heavy atom. The van der Waals surface area contributed by atoms with Gasteiger partial charge in [0.2, 0.25) is 0 Å². The van der Waals surface area contributed by atoms with Gasteiger partial charge in [-0.25, -0.2) is 0 Å². The summed E-state index contributed by atoms with van der Waals surface area (Å²) >= 11 is 0. The van der Waals surface area contributed by atoms with E-state index in [1.165, 1.54) is 0 Å². The Hall–Kier alpha value is -1.55. The van der Waals surface area contributed by atoms with Crippen molar-refractivity contribution in [2.24, 2.45) is 0 Å². The number of rotatable bonds is 2. The topological polar surface area (TPSA) is 20.2 Å². The largest absolute Gasteiger partial charge is 0.413 e. The van der Waals surface area contributed by atoms with Gasteiger partial charge in [0, 0.05) is 11.5 Å². The third-order valence-electron chi connectivity index (χ3n) is 3.04. The van der Waals surface area contributed by atoms with Crippen LogP contribution in [0, 0.1) is 0 Å². The lowest BCUT2D eigenvalue weighted by molar-refractivity contribution is -0.0961. The Morgan fingerprint density at radius 2 is 1.83 bits per heavy atom. The molecule has 0 spiro atoms. The van der Waals surface area contributed by atoms with Crippen LogP contribution in [0.2, 0.25) is 0 Å². The summed E-state index contributed by atoms with van der Waals surface area (Å²) < 4.78 is 39.0. The molecule has 0 saturated heterocycles. The third-order valence-corrected chi connectivity index (χ3v) is 3.04. The first-order valence-corrected chi connectivity index (χ1v) is 5.66. The number of allylic oxidation sites excluding steroid dienone is 2. The van der Waals surface area contributed by atoms with E-state index in [0.29, 0.717) is 11.1 Å². The van der Waals surface area contributed by atoms with E-state index in [-0.39, 0.29) is 13.0 Å². The highest BCUT2D eigenvalue weighted by Crippen LogP contribution is 2.42. The van der Waals surface area contributed by atoms with Crippen molar-refractivity contribution in [3.63, 3.8) is 0 Å². The predicted molar refractivity (Wildman–Crippen MR) is 63.1 cm³/mol. The maximum Gasteiger partial charge on any atom is 0.413 e. The van der Waals surface area contributed by atoms with Gasteiger partial charge in [-0.1, -0.05) is 36.4 Å². The van der Waals surface area contributed by atoms with Gasteiger partial charge < -0.3 is 5.11 Å². The number of halogens is 3. The quantitative estimate of drug-likeness (QED) is 0.855. The minimum absolute atomic E-state index is 0.269. The average molecular weight is 254 g/mol. The molecule has 1 aliphatic carbocycles. The van der Waals surface area contributed by atoms with Crippen molar-refractivity contribution in [3.8, 4) is 0 Å². The lowest BCUT2D eigenvalue weighted by atomic mass is 9.83. The van der Waals surface area contributed by atoms with Gasteiger partial charge in [0.05, 0.1) is 6.61 Å². The van der Waals surface area contributed by atoms with Crippen LogP contribution in [0.1, 0.15) is 17.9 Å². The van der Waals surface area contributed by atoms with Crippen molar-refractivity contribution in [3.05, 3.63) is 59.2 Å². The van der Waals surface area contributed by atoms with Crippen molar-refractivity contribution < 1.29 is 18.3 Å². The van der Waals surface area contributed by atoms with Gasteiger partial charge in [0.15, 0.2) is 0 Å². The fraction of sp³-hybridized carbons (Fsp3) is 0.286. The fourth-order valence-corrected chi connectivity index (χ4v) is 2.15. The summed E-state index contributed by atoms with van der Waals surface area (Å²) in [5, 5.41) is 8.95. The molecule has 0 amide bonds. The number of alkyl halides is 3. The van der Waals surface area contributed by atoms with Gasteiger partial charge in [0.25, 0.3) is 0 Å².